The summed E-state index contributed by atoms with van der Waals surface area (Å²) in [7, 11) is 0. The normalized spacial score (nSPS) is 20.7. The van der Waals surface area contributed by atoms with Gasteiger partial charge in [0.05, 0.1) is 0 Å². The summed E-state index contributed by atoms with van der Waals surface area (Å²) < 4.78 is 5.75. The van der Waals surface area contributed by atoms with Crippen molar-refractivity contribution >= 4 is 11.9 Å². The van der Waals surface area contributed by atoms with Crippen molar-refractivity contribution in [2.75, 3.05) is 6.61 Å². The van der Waals surface area contributed by atoms with Crippen molar-refractivity contribution in [2.24, 2.45) is 5.73 Å². The fourth-order valence-corrected chi connectivity index (χ4v) is 2.37. The van der Waals surface area contributed by atoms with Crippen LogP contribution in [0.2, 0.25) is 0 Å². The van der Waals surface area contributed by atoms with Crippen molar-refractivity contribution in [1.29, 1.82) is 0 Å². The van der Waals surface area contributed by atoms with Gasteiger partial charge in [-0.25, -0.2) is 0 Å². The molecule has 0 radical (unpaired) electrons. The van der Waals surface area contributed by atoms with Crippen molar-refractivity contribution in [2.45, 2.75) is 38.3 Å². The van der Waals surface area contributed by atoms with Gasteiger partial charge in [0.1, 0.15) is 5.72 Å². The zero-order valence-electron chi connectivity index (χ0n) is 13.7. The summed E-state index contributed by atoms with van der Waals surface area (Å²) in [5.74, 6) is -0.0156. The van der Waals surface area contributed by atoms with Gasteiger partial charge in [0.15, 0.2) is 5.78 Å². The summed E-state index contributed by atoms with van der Waals surface area (Å²) in [6, 6.07) is 9.77. The number of allylic oxidation sites excluding steroid dienone is 3. The van der Waals surface area contributed by atoms with Crippen LogP contribution in [0, 0.1) is 0 Å². The Morgan fingerprint density at radius 1 is 1.30 bits per heavy atom. The topological polar surface area (TPSA) is 52.3 Å². The number of carbonyl (C=O) groups excluding carboxylic acids is 1. The van der Waals surface area contributed by atoms with Gasteiger partial charge < -0.3 is 4.74 Å². The van der Waals surface area contributed by atoms with Crippen LogP contribution in [0.1, 0.15) is 38.2 Å². The lowest BCUT2D eigenvalue weighted by Crippen LogP contribution is -2.41. The molecule has 0 saturated heterocycles. The number of unbranched alkanes of at least 4 members (excludes halogenated alkanes) is 2. The highest BCUT2D eigenvalue weighted by atomic mass is 16.5. The van der Waals surface area contributed by atoms with Gasteiger partial charge in [-0.05, 0) is 24.1 Å². The molecule has 2 rings (SSSR count). The van der Waals surface area contributed by atoms with Crippen molar-refractivity contribution in [3.05, 3.63) is 65.8 Å². The highest BCUT2D eigenvalue weighted by Gasteiger charge is 2.24. The second-order valence-corrected chi connectivity index (χ2v) is 5.82. The first-order valence-electron chi connectivity index (χ1n) is 8.23. The molecule has 1 aliphatic rings. The third-order valence-corrected chi connectivity index (χ3v) is 3.82. The first-order chi connectivity index (χ1) is 11.1. The third-order valence-electron chi connectivity index (χ3n) is 3.82. The summed E-state index contributed by atoms with van der Waals surface area (Å²) in [5, 5.41) is 0. The van der Waals surface area contributed by atoms with Gasteiger partial charge in [-0.3, -0.25) is 10.5 Å². The summed E-state index contributed by atoms with van der Waals surface area (Å²) in [4.78, 5) is 12.2. The molecular weight excluding hydrogens is 286 g/mol. The molecule has 1 atom stereocenters. The maximum Gasteiger partial charge on any atom is 0.185 e. The van der Waals surface area contributed by atoms with Crippen LogP contribution in [-0.4, -0.2) is 18.1 Å². The smallest absolute Gasteiger partial charge is 0.185 e. The number of ether oxygens (including phenoxy) is 1. The lowest BCUT2D eigenvalue weighted by molar-refractivity contribution is -0.111. The second-order valence-electron chi connectivity index (χ2n) is 5.82. The lowest BCUT2D eigenvalue weighted by Gasteiger charge is -2.27. The molecule has 2 N–H and O–H groups in total. The molecule has 0 aliphatic heterocycles. The summed E-state index contributed by atoms with van der Waals surface area (Å²) >= 11 is 0. The largest absolute Gasteiger partial charge is 0.357 e. The van der Waals surface area contributed by atoms with E-state index in [0.29, 0.717) is 18.6 Å². The molecule has 1 aromatic rings. The van der Waals surface area contributed by atoms with Gasteiger partial charge in [-0.2, -0.15) is 0 Å². The SMILES string of the molecule is CCCCCOC1(N)C=CC(C(=O)C=Cc2ccccc2)=CC1. The van der Waals surface area contributed by atoms with Gasteiger partial charge in [-0.15, -0.1) is 0 Å². The Balaban J connectivity index is 1.87. The van der Waals surface area contributed by atoms with E-state index in [4.69, 9.17) is 10.5 Å². The van der Waals surface area contributed by atoms with Gasteiger partial charge in [0.25, 0.3) is 0 Å². The molecule has 3 nitrogen and oxygen atoms in total. The van der Waals surface area contributed by atoms with E-state index in [2.05, 4.69) is 6.92 Å². The van der Waals surface area contributed by atoms with Gasteiger partial charge in [-0.1, -0.05) is 68.3 Å². The van der Waals surface area contributed by atoms with Crippen LogP contribution in [0.15, 0.2) is 60.2 Å². The first-order valence-corrected chi connectivity index (χ1v) is 8.23. The summed E-state index contributed by atoms with van der Waals surface area (Å²) in [6.45, 7) is 2.81. The predicted molar refractivity (Wildman–Crippen MR) is 94.7 cm³/mol. The molecule has 0 fully saturated rings. The minimum atomic E-state index is -0.777. The van der Waals surface area contributed by atoms with E-state index in [1.54, 1.807) is 18.2 Å². The monoisotopic (exact) mass is 311 g/mol. The minimum Gasteiger partial charge on any atom is -0.357 e. The number of ketones is 1. The lowest BCUT2D eigenvalue weighted by atomic mass is 9.97. The molecular formula is C20H25NO2. The minimum absolute atomic E-state index is 0.0156. The Bertz CT molecular complexity index is 601. The van der Waals surface area contributed by atoms with Crippen molar-refractivity contribution in [1.82, 2.24) is 0 Å². The van der Waals surface area contributed by atoms with E-state index in [-0.39, 0.29) is 5.78 Å². The quantitative estimate of drug-likeness (QED) is 0.448. The van der Waals surface area contributed by atoms with Crippen molar-refractivity contribution in [3.63, 3.8) is 0 Å². The first kappa shape index (κ1) is 17.4. The Morgan fingerprint density at radius 3 is 2.74 bits per heavy atom. The van der Waals surface area contributed by atoms with Crippen LogP contribution in [0.5, 0.6) is 0 Å². The van der Waals surface area contributed by atoms with E-state index >= 15 is 0 Å². The molecule has 1 unspecified atom stereocenters. The van der Waals surface area contributed by atoms with Gasteiger partial charge >= 0.3 is 0 Å². The van der Waals surface area contributed by atoms with Crippen LogP contribution >= 0.6 is 0 Å². The molecule has 23 heavy (non-hydrogen) atoms. The van der Waals surface area contributed by atoms with E-state index in [1.807, 2.05) is 42.5 Å². The number of benzene rings is 1. The Morgan fingerprint density at radius 2 is 2.09 bits per heavy atom. The number of nitrogens with two attached hydrogens (primary N) is 1. The van der Waals surface area contributed by atoms with E-state index in [1.165, 1.54) is 0 Å². The number of carbonyl (C=O) groups is 1. The number of hydrogen-bond acceptors (Lipinski definition) is 3. The molecule has 1 aromatic carbocycles. The number of hydrogen-bond donors (Lipinski definition) is 1. The molecule has 122 valence electrons. The molecule has 0 bridgehead atoms. The second kappa shape index (κ2) is 8.61. The molecule has 0 spiro atoms. The molecule has 0 saturated carbocycles. The van der Waals surface area contributed by atoms with Crippen LogP contribution < -0.4 is 5.73 Å². The maximum absolute atomic E-state index is 12.2. The Kier molecular flexibility index (Phi) is 6.51. The maximum atomic E-state index is 12.2. The predicted octanol–water partition coefficient (Wildman–Crippen LogP) is 4.02. The van der Waals surface area contributed by atoms with Crippen molar-refractivity contribution < 1.29 is 9.53 Å². The Hall–Kier alpha value is -1.97. The third kappa shape index (κ3) is 5.62. The average Bonchev–Trinajstić information content (AvgIpc) is 2.58. The zero-order valence-corrected chi connectivity index (χ0v) is 13.7. The molecule has 1 aliphatic carbocycles. The number of rotatable bonds is 8. The van der Waals surface area contributed by atoms with Crippen LogP contribution in [0.25, 0.3) is 6.08 Å². The van der Waals surface area contributed by atoms with Crippen molar-refractivity contribution in [3.8, 4) is 0 Å². The highest BCUT2D eigenvalue weighted by molar-refractivity contribution is 6.08. The molecule has 3 heteroatoms. The fourth-order valence-electron chi connectivity index (χ4n) is 2.37. The van der Waals surface area contributed by atoms with Crippen LogP contribution in [0.3, 0.4) is 0 Å². The standard InChI is InChI=1S/C20H25NO2/c1-2-3-7-16-23-20(21)14-12-18(13-15-20)19(22)11-10-17-8-5-4-6-9-17/h4-6,8-14H,2-3,7,15-16,21H2,1H3. The fraction of sp³-hybridized carbons (Fsp3) is 0.350. The summed E-state index contributed by atoms with van der Waals surface area (Å²) in [6.07, 6.45) is 12.7. The molecule has 0 amide bonds. The van der Waals surface area contributed by atoms with Crippen LogP contribution in [0.4, 0.5) is 0 Å². The highest BCUT2D eigenvalue weighted by Crippen LogP contribution is 2.21. The van der Waals surface area contributed by atoms with E-state index < -0.39 is 5.72 Å². The van der Waals surface area contributed by atoms with Gasteiger partial charge in [0, 0.05) is 18.6 Å². The Labute approximate surface area is 138 Å². The zero-order chi connectivity index (χ0) is 16.5. The van der Waals surface area contributed by atoms with E-state index in [9.17, 15) is 4.79 Å². The summed E-state index contributed by atoms with van der Waals surface area (Å²) in [5.41, 5.74) is 7.08. The van der Waals surface area contributed by atoms with Crippen LogP contribution in [-0.2, 0) is 9.53 Å². The molecule has 0 heterocycles. The average molecular weight is 311 g/mol. The molecule has 0 aromatic heterocycles. The van der Waals surface area contributed by atoms with E-state index in [0.717, 1.165) is 24.8 Å². The van der Waals surface area contributed by atoms with Gasteiger partial charge in [0.2, 0.25) is 0 Å².